The second kappa shape index (κ2) is 9.35. The van der Waals surface area contributed by atoms with Crippen LogP contribution in [0, 0.1) is 0 Å². The van der Waals surface area contributed by atoms with E-state index in [1.54, 1.807) is 18.2 Å². The number of hydrogen-bond acceptors (Lipinski definition) is 7. The maximum atomic E-state index is 13.1. The average Bonchev–Trinajstić information content (AvgIpc) is 2.79. The summed E-state index contributed by atoms with van der Waals surface area (Å²) in [5, 5.41) is 0. The molecule has 0 amide bonds. The zero-order chi connectivity index (χ0) is 22.6. The molecule has 0 aromatic heterocycles. The van der Waals surface area contributed by atoms with Gasteiger partial charge in [0, 0.05) is 26.2 Å². The molecule has 11 heteroatoms. The SMILES string of the molecule is CCOc1ccc(S(=O)(=O)N2CCN(S(=O)(=O)c3ccccc3C(=O)OC)CC2)cc1. The Morgan fingerprint density at radius 3 is 1.97 bits per heavy atom. The van der Waals surface area contributed by atoms with E-state index in [4.69, 9.17) is 4.74 Å². The number of nitrogens with zero attached hydrogens (tertiary/aromatic N) is 2. The number of esters is 1. The summed E-state index contributed by atoms with van der Waals surface area (Å²) >= 11 is 0. The van der Waals surface area contributed by atoms with Crippen molar-refractivity contribution in [2.75, 3.05) is 39.9 Å². The highest BCUT2D eigenvalue weighted by molar-refractivity contribution is 7.89. The highest BCUT2D eigenvalue weighted by Gasteiger charge is 2.35. The number of ether oxygens (including phenoxy) is 2. The van der Waals surface area contributed by atoms with Crippen LogP contribution in [0.5, 0.6) is 5.75 Å². The van der Waals surface area contributed by atoms with Gasteiger partial charge in [0.2, 0.25) is 20.0 Å². The number of hydrogen-bond donors (Lipinski definition) is 0. The summed E-state index contributed by atoms with van der Waals surface area (Å²) in [5.74, 6) is -0.183. The fourth-order valence-electron chi connectivity index (χ4n) is 3.28. The van der Waals surface area contributed by atoms with Gasteiger partial charge in [-0.05, 0) is 43.3 Å². The van der Waals surface area contributed by atoms with Crippen molar-refractivity contribution in [1.29, 1.82) is 0 Å². The summed E-state index contributed by atoms with van der Waals surface area (Å²) < 4.78 is 64.5. The van der Waals surface area contributed by atoms with Crippen LogP contribution in [0.1, 0.15) is 17.3 Å². The normalized spacial score (nSPS) is 16.1. The van der Waals surface area contributed by atoms with Crippen LogP contribution in [-0.4, -0.2) is 71.3 Å². The highest BCUT2D eigenvalue weighted by Crippen LogP contribution is 2.25. The van der Waals surface area contributed by atoms with Gasteiger partial charge in [-0.1, -0.05) is 12.1 Å². The van der Waals surface area contributed by atoms with Crippen LogP contribution in [0.15, 0.2) is 58.3 Å². The minimum atomic E-state index is -4.00. The largest absolute Gasteiger partial charge is 0.494 e. The lowest BCUT2D eigenvalue weighted by molar-refractivity contribution is 0.0596. The van der Waals surface area contributed by atoms with E-state index in [0.29, 0.717) is 12.4 Å². The third-order valence-corrected chi connectivity index (χ3v) is 8.75. The molecule has 1 aliphatic rings. The lowest BCUT2D eigenvalue weighted by Gasteiger charge is -2.33. The van der Waals surface area contributed by atoms with E-state index in [2.05, 4.69) is 4.74 Å². The molecule has 0 saturated carbocycles. The molecule has 0 spiro atoms. The van der Waals surface area contributed by atoms with Gasteiger partial charge in [-0.3, -0.25) is 0 Å². The second-order valence-corrected chi connectivity index (χ2v) is 10.5. The molecule has 1 aliphatic heterocycles. The molecule has 1 fully saturated rings. The van der Waals surface area contributed by atoms with E-state index in [-0.39, 0.29) is 41.5 Å². The molecule has 0 bridgehead atoms. The summed E-state index contributed by atoms with van der Waals surface area (Å²) in [5.41, 5.74) is -0.0607. The number of rotatable bonds is 7. The Hall–Kier alpha value is -2.47. The molecule has 168 valence electrons. The predicted molar refractivity (Wildman–Crippen MR) is 113 cm³/mol. The molecule has 3 rings (SSSR count). The highest BCUT2D eigenvalue weighted by atomic mass is 32.2. The lowest BCUT2D eigenvalue weighted by Crippen LogP contribution is -2.50. The average molecular weight is 469 g/mol. The summed E-state index contributed by atoms with van der Waals surface area (Å²) in [6, 6.07) is 11.9. The zero-order valence-corrected chi connectivity index (χ0v) is 18.9. The first kappa shape index (κ1) is 23.2. The summed E-state index contributed by atoms with van der Waals surface area (Å²) in [4.78, 5) is 11.9. The lowest BCUT2D eigenvalue weighted by atomic mass is 10.2. The first-order valence-corrected chi connectivity index (χ1v) is 12.5. The first-order chi connectivity index (χ1) is 14.7. The van der Waals surface area contributed by atoms with Gasteiger partial charge in [0.25, 0.3) is 0 Å². The van der Waals surface area contributed by atoms with E-state index >= 15 is 0 Å². The van der Waals surface area contributed by atoms with Gasteiger partial charge in [-0.25, -0.2) is 21.6 Å². The summed E-state index contributed by atoms with van der Waals surface area (Å²) in [6.07, 6.45) is 0. The molecule has 9 nitrogen and oxygen atoms in total. The number of sulfonamides is 2. The molecule has 0 atom stereocenters. The molecular formula is C20H24N2O7S2. The van der Waals surface area contributed by atoms with Gasteiger partial charge in [-0.2, -0.15) is 8.61 Å². The minimum absolute atomic E-state index is 0.00480. The first-order valence-electron chi connectivity index (χ1n) is 9.62. The van der Waals surface area contributed by atoms with Gasteiger partial charge in [-0.15, -0.1) is 0 Å². The fourth-order valence-corrected chi connectivity index (χ4v) is 6.31. The van der Waals surface area contributed by atoms with E-state index in [1.165, 1.54) is 46.1 Å². The van der Waals surface area contributed by atoms with Gasteiger partial charge in [0.15, 0.2) is 0 Å². The summed E-state index contributed by atoms with van der Waals surface area (Å²) in [7, 11) is -6.59. The molecule has 31 heavy (non-hydrogen) atoms. The number of methoxy groups -OCH3 is 1. The van der Waals surface area contributed by atoms with Crippen molar-refractivity contribution in [3.8, 4) is 5.75 Å². The molecule has 0 N–H and O–H groups in total. The van der Waals surface area contributed by atoms with E-state index in [0.717, 1.165) is 0 Å². The fraction of sp³-hybridized carbons (Fsp3) is 0.350. The van der Waals surface area contributed by atoms with Crippen LogP contribution >= 0.6 is 0 Å². The molecule has 0 unspecified atom stereocenters. The minimum Gasteiger partial charge on any atom is -0.494 e. The Bertz CT molecular complexity index is 1140. The Balaban J connectivity index is 1.76. The van der Waals surface area contributed by atoms with Crippen LogP contribution < -0.4 is 4.74 Å². The smallest absolute Gasteiger partial charge is 0.339 e. The van der Waals surface area contributed by atoms with E-state index in [1.807, 2.05) is 6.92 Å². The van der Waals surface area contributed by atoms with Crippen LogP contribution in [0.4, 0.5) is 0 Å². The predicted octanol–water partition coefficient (Wildman–Crippen LogP) is 1.57. The van der Waals surface area contributed by atoms with Crippen molar-refractivity contribution in [2.45, 2.75) is 16.7 Å². The Labute approximate surface area is 182 Å². The third kappa shape index (κ3) is 4.74. The Kier molecular flexibility index (Phi) is 6.99. The monoisotopic (exact) mass is 468 g/mol. The van der Waals surface area contributed by atoms with Crippen LogP contribution in [0.2, 0.25) is 0 Å². The Morgan fingerprint density at radius 2 is 1.42 bits per heavy atom. The van der Waals surface area contributed by atoms with Gasteiger partial charge in [0.05, 0.1) is 29.1 Å². The molecule has 0 radical (unpaired) electrons. The van der Waals surface area contributed by atoms with Crippen molar-refractivity contribution in [3.63, 3.8) is 0 Å². The van der Waals surface area contributed by atoms with Crippen molar-refractivity contribution < 1.29 is 31.1 Å². The van der Waals surface area contributed by atoms with Crippen LogP contribution in [0.25, 0.3) is 0 Å². The molecule has 0 aliphatic carbocycles. The number of carbonyl (C=O) groups excluding carboxylic acids is 1. The number of piperazine rings is 1. The molecule has 2 aromatic carbocycles. The van der Waals surface area contributed by atoms with Crippen LogP contribution in [-0.2, 0) is 24.8 Å². The Morgan fingerprint density at radius 1 is 0.871 bits per heavy atom. The van der Waals surface area contributed by atoms with Crippen LogP contribution in [0.3, 0.4) is 0 Å². The number of carbonyl (C=O) groups is 1. The topological polar surface area (TPSA) is 110 Å². The molecule has 1 saturated heterocycles. The van der Waals surface area contributed by atoms with Crippen molar-refractivity contribution >= 4 is 26.0 Å². The third-order valence-electron chi connectivity index (χ3n) is 4.88. The van der Waals surface area contributed by atoms with E-state index < -0.39 is 26.0 Å². The molecule has 2 aromatic rings. The van der Waals surface area contributed by atoms with Crippen molar-refractivity contribution in [1.82, 2.24) is 8.61 Å². The quantitative estimate of drug-likeness (QED) is 0.567. The summed E-state index contributed by atoms with van der Waals surface area (Å²) in [6.45, 7) is 2.23. The molecular weight excluding hydrogens is 444 g/mol. The maximum Gasteiger partial charge on any atom is 0.339 e. The zero-order valence-electron chi connectivity index (χ0n) is 17.2. The van der Waals surface area contributed by atoms with Crippen molar-refractivity contribution in [2.24, 2.45) is 0 Å². The van der Waals surface area contributed by atoms with Gasteiger partial charge < -0.3 is 9.47 Å². The van der Waals surface area contributed by atoms with E-state index in [9.17, 15) is 21.6 Å². The standard InChI is InChI=1S/C20H24N2O7S2/c1-3-29-16-8-10-17(11-9-16)30(24,25)21-12-14-22(15-13-21)31(26,27)19-7-5-4-6-18(19)20(23)28-2/h4-11H,3,12-15H2,1-2H3. The van der Waals surface area contributed by atoms with Gasteiger partial charge >= 0.3 is 5.97 Å². The maximum absolute atomic E-state index is 13.1. The second-order valence-electron chi connectivity index (χ2n) is 6.70. The van der Waals surface area contributed by atoms with Gasteiger partial charge in [0.1, 0.15) is 5.75 Å². The molecule has 1 heterocycles. The van der Waals surface area contributed by atoms with Crippen molar-refractivity contribution in [3.05, 3.63) is 54.1 Å². The number of benzene rings is 2.